The minimum absolute atomic E-state index is 0.306. The van der Waals surface area contributed by atoms with Crippen LogP contribution in [0.3, 0.4) is 0 Å². The van der Waals surface area contributed by atoms with Gasteiger partial charge in [-0.1, -0.05) is 6.07 Å². The molecule has 0 bridgehead atoms. The maximum absolute atomic E-state index is 13.2. The highest BCUT2D eigenvalue weighted by Gasteiger charge is 2.32. The molecule has 0 amide bonds. The molecule has 1 aliphatic rings. The summed E-state index contributed by atoms with van der Waals surface area (Å²) in [5, 5.41) is 0. The average molecular weight is 416 g/mol. The molecule has 5 nitrogen and oxygen atoms in total. The molecule has 0 unspecified atom stereocenters. The van der Waals surface area contributed by atoms with Crippen LogP contribution in [0.4, 0.5) is 23.2 Å². The molecule has 30 heavy (non-hydrogen) atoms. The van der Waals surface area contributed by atoms with Crippen LogP contribution in [0.5, 0.6) is 5.75 Å². The summed E-state index contributed by atoms with van der Waals surface area (Å²) < 4.78 is 57.0. The normalized spacial score (nSPS) is 13.3. The standard InChI is InChI=1S/C21H16F4N4O/c1-30-18-7-14(17-4-3-16(22)10-27-17)6-15-9-26-12-29(20(15)18)11-13-2-5-19(28-8-13)21(23,24)25/h2-10H,11-12H2,1H3. The van der Waals surface area contributed by atoms with Gasteiger partial charge in [0.2, 0.25) is 0 Å². The first-order valence-electron chi connectivity index (χ1n) is 8.96. The number of fused-ring (bicyclic) bond motifs is 1. The highest BCUT2D eigenvalue weighted by molar-refractivity contribution is 5.94. The molecule has 0 N–H and O–H groups in total. The van der Waals surface area contributed by atoms with E-state index < -0.39 is 17.7 Å². The Morgan fingerprint density at radius 1 is 1.07 bits per heavy atom. The number of anilines is 1. The highest BCUT2D eigenvalue weighted by Crippen LogP contribution is 2.38. The van der Waals surface area contributed by atoms with E-state index in [1.54, 1.807) is 18.3 Å². The van der Waals surface area contributed by atoms with E-state index in [9.17, 15) is 17.6 Å². The first-order chi connectivity index (χ1) is 14.3. The van der Waals surface area contributed by atoms with Crippen LogP contribution in [0.1, 0.15) is 16.8 Å². The largest absolute Gasteiger partial charge is 0.495 e. The van der Waals surface area contributed by atoms with Gasteiger partial charge in [0.05, 0.1) is 24.7 Å². The van der Waals surface area contributed by atoms with Gasteiger partial charge in [-0.25, -0.2) is 4.39 Å². The van der Waals surface area contributed by atoms with Gasteiger partial charge < -0.3 is 9.64 Å². The molecule has 2 aromatic heterocycles. The van der Waals surface area contributed by atoms with Gasteiger partial charge in [-0.2, -0.15) is 13.2 Å². The van der Waals surface area contributed by atoms with E-state index >= 15 is 0 Å². The molecule has 1 aromatic carbocycles. The molecule has 0 spiro atoms. The zero-order valence-corrected chi connectivity index (χ0v) is 15.8. The van der Waals surface area contributed by atoms with E-state index in [4.69, 9.17) is 4.74 Å². The smallest absolute Gasteiger partial charge is 0.433 e. The fraction of sp³-hybridized carbons (Fsp3) is 0.190. The van der Waals surface area contributed by atoms with E-state index in [0.717, 1.165) is 29.1 Å². The number of ether oxygens (including phenoxy) is 1. The molecular weight excluding hydrogens is 400 g/mol. The summed E-state index contributed by atoms with van der Waals surface area (Å²) in [5.74, 6) is 0.126. The van der Waals surface area contributed by atoms with E-state index in [1.165, 1.54) is 25.4 Å². The Hall–Kier alpha value is -3.49. The Bertz CT molecular complexity index is 1080. The van der Waals surface area contributed by atoms with Gasteiger partial charge in [0.15, 0.2) is 0 Å². The van der Waals surface area contributed by atoms with Gasteiger partial charge in [0.1, 0.15) is 23.9 Å². The minimum atomic E-state index is -4.48. The third-order valence-corrected chi connectivity index (χ3v) is 4.64. The second-order valence-corrected chi connectivity index (χ2v) is 6.68. The Labute approximate surface area is 169 Å². The lowest BCUT2D eigenvalue weighted by molar-refractivity contribution is -0.141. The molecule has 3 heterocycles. The van der Waals surface area contributed by atoms with Crippen molar-refractivity contribution >= 4 is 11.9 Å². The molecule has 0 atom stereocenters. The second kappa shape index (κ2) is 7.74. The van der Waals surface area contributed by atoms with Crippen molar-refractivity contribution < 1.29 is 22.3 Å². The third kappa shape index (κ3) is 3.96. The molecule has 0 saturated heterocycles. The summed E-state index contributed by atoms with van der Waals surface area (Å²) in [7, 11) is 1.53. The maximum Gasteiger partial charge on any atom is 0.433 e. The van der Waals surface area contributed by atoms with Crippen LogP contribution in [0.25, 0.3) is 11.3 Å². The van der Waals surface area contributed by atoms with Crippen LogP contribution in [-0.4, -0.2) is 30.0 Å². The van der Waals surface area contributed by atoms with Crippen LogP contribution < -0.4 is 9.64 Å². The number of alkyl halides is 3. The number of pyridine rings is 2. The Kier molecular flexibility index (Phi) is 5.11. The SMILES string of the molecule is COc1cc(-c2ccc(F)cn2)cc2c1N(Cc1ccc(C(F)(F)F)nc1)CN=C2. The van der Waals surface area contributed by atoms with E-state index in [-0.39, 0.29) is 0 Å². The maximum atomic E-state index is 13.2. The zero-order chi connectivity index (χ0) is 21.3. The lowest BCUT2D eigenvalue weighted by Crippen LogP contribution is -2.27. The zero-order valence-electron chi connectivity index (χ0n) is 15.8. The van der Waals surface area contributed by atoms with E-state index in [2.05, 4.69) is 15.0 Å². The van der Waals surface area contributed by atoms with Gasteiger partial charge in [-0.15, -0.1) is 0 Å². The molecule has 3 aromatic rings. The van der Waals surface area contributed by atoms with Crippen LogP contribution in [0.2, 0.25) is 0 Å². The van der Waals surface area contributed by atoms with Crippen LogP contribution in [-0.2, 0) is 12.7 Å². The molecule has 0 fully saturated rings. The number of nitrogens with zero attached hydrogens (tertiary/aromatic N) is 4. The Morgan fingerprint density at radius 3 is 2.53 bits per heavy atom. The lowest BCUT2D eigenvalue weighted by Gasteiger charge is -2.29. The van der Waals surface area contributed by atoms with Gasteiger partial charge >= 0.3 is 6.18 Å². The predicted molar refractivity (Wildman–Crippen MR) is 104 cm³/mol. The molecule has 0 aliphatic carbocycles. The Morgan fingerprint density at radius 2 is 1.90 bits per heavy atom. The van der Waals surface area contributed by atoms with Crippen LogP contribution in [0, 0.1) is 5.82 Å². The number of hydrogen-bond acceptors (Lipinski definition) is 5. The van der Waals surface area contributed by atoms with Crippen molar-refractivity contribution in [1.29, 1.82) is 0 Å². The molecule has 0 radical (unpaired) electrons. The van der Waals surface area contributed by atoms with E-state index in [0.29, 0.717) is 30.2 Å². The van der Waals surface area contributed by atoms with Crippen molar-refractivity contribution in [3.63, 3.8) is 0 Å². The monoisotopic (exact) mass is 416 g/mol. The molecular formula is C21H16F4N4O. The molecule has 4 rings (SSSR count). The predicted octanol–water partition coefficient (Wildman–Crippen LogP) is 4.71. The van der Waals surface area contributed by atoms with E-state index in [1.807, 2.05) is 11.0 Å². The van der Waals surface area contributed by atoms with Crippen LogP contribution >= 0.6 is 0 Å². The van der Waals surface area contributed by atoms with Crippen molar-refractivity contribution in [2.75, 3.05) is 18.7 Å². The number of benzene rings is 1. The summed E-state index contributed by atoms with van der Waals surface area (Å²) in [6, 6.07) is 8.91. The summed E-state index contributed by atoms with van der Waals surface area (Å²) in [6.07, 6.45) is -0.426. The number of hydrogen-bond donors (Lipinski definition) is 0. The topological polar surface area (TPSA) is 50.6 Å². The summed E-state index contributed by atoms with van der Waals surface area (Å²) in [4.78, 5) is 13.8. The van der Waals surface area contributed by atoms with Crippen molar-refractivity contribution in [1.82, 2.24) is 9.97 Å². The highest BCUT2D eigenvalue weighted by atomic mass is 19.4. The summed E-state index contributed by atoms with van der Waals surface area (Å²) in [5.41, 5.74) is 2.51. The van der Waals surface area contributed by atoms with Gasteiger partial charge in [-0.05, 0) is 35.9 Å². The quantitative estimate of drug-likeness (QED) is 0.579. The van der Waals surface area contributed by atoms with Gasteiger partial charge in [0.25, 0.3) is 0 Å². The number of rotatable bonds is 4. The fourth-order valence-electron chi connectivity index (χ4n) is 3.26. The van der Waals surface area contributed by atoms with Crippen molar-refractivity contribution in [2.45, 2.75) is 12.7 Å². The van der Waals surface area contributed by atoms with Crippen LogP contribution in [0.15, 0.2) is 53.8 Å². The number of aromatic nitrogens is 2. The van der Waals surface area contributed by atoms with Crippen molar-refractivity contribution in [3.05, 3.63) is 71.4 Å². The second-order valence-electron chi connectivity index (χ2n) is 6.68. The number of methoxy groups -OCH3 is 1. The molecule has 1 aliphatic heterocycles. The van der Waals surface area contributed by atoms with Crippen molar-refractivity contribution in [2.24, 2.45) is 4.99 Å². The average Bonchev–Trinajstić information content (AvgIpc) is 2.73. The Balaban J connectivity index is 1.66. The fourth-order valence-corrected chi connectivity index (χ4v) is 3.26. The lowest BCUT2D eigenvalue weighted by atomic mass is 10.0. The minimum Gasteiger partial charge on any atom is -0.495 e. The molecule has 9 heteroatoms. The number of aliphatic imine (C=N–C) groups is 1. The molecule has 0 saturated carbocycles. The summed E-state index contributed by atoms with van der Waals surface area (Å²) in [6.45, 7) is 0.624. The first-order valence-corrected chi connectivity index (χ1v) is 8.96. The third-order valence-electron chi connectivity index (χ3n) is 4.64. The van der Waals surface area contributed by atoms with Gasteiger partial charge in [0, 0.05) is 30.1 Å². The van der Waals surface area contributed by atoms with Gasteiger partial charge in [-0.3, -0.25) is 15.0 Å². The first kappa shape index (κ1) is 19.8. The van der Waals surface area contributed by atoms with Crippen molar-refractivity contribution in [3.8, 4) is 17.0 Å². The number of halogens is 4. The molecule has 154 valence electrons. The summed E-state index contributed by atoms with van der Waals surface area (Å²) >= 11 is 0.